The molecule has 57 heavy (non-hydrogen) atoms. The Hall–Kier alpha value is -6.88. The SMILES string of the molecule is CC1CC=CC=C1c1ccc2c(c1)c1c(-c3cccc(-c4nc(-c5ccccc5)cc(-c5ccc6c(c5)sc5ccccc56)n4)c3)cccc1n2-c1ccccc1. The normalized spacial score (nSPS) is 14.2. The highest BCUT2D eigenvalue weighted by molar-refractivity contribution is 7.25. The maximum Gasteiger partial charge on any atom is 0.160 e. The summed E-state index contributed by atoms with van der Waals surface area (Å²) in [5.74, 6) is 1.17. The first-order valence-electron chi connectivity index (χ1n) is 19.6. The quantitative estimate of drug-likeness (QED) is 0.170. The van der Waals surface area contributed by atoms with Crippen molar-refractivity contribution in [2.45, 2.75) is 13.3 Å². The molecule has 0 saturated carbocycles. The van der Waals surface area contributed by atoms with Gasteiger partial charge in [0, 0.05) is 53.3 Å². The Labute approximate surface area is 335 Å². The van der Waals surface area contributed by atoms with Crippen molar-refractivity contribution in [2.75, 3.05) is 0 Å². The van der Waals surface area contributed by atoms with E-state index in [4.69, 9.17) is 9.97 Å². The molecule has 0 aliphatic heterocycles. The van der Waals surface area contributed by atoms with Crippen molar-refractivity contribution in [1.82, 2.24) is 14.5 Å². The van der Waals surface area contributed by atoms with Gasteiger partial charge < -0.3 is 4.57 Å². The van der Waals surface area contributed by atoms with Crippen LogP contribution < -0.4 is 0 Å². The molecule has 0 amide bonds. The van der Waals surface area contributed by atoms with Gasteiger partial charge in [0.25, 0.3) is 0 Å². The molecule has 0 N–H and O–H groups in total. The number of benzene rings is 7. The van der Waals surface area contributed by atoms with Crippen LogP contribution in [-0.2, 0) is 0 Å². The lowest BCUT2D eigenvalue weighted by atomic mass is 9.87. The van der Waals surface area contributed by atoms with Crippen LogP contribution >= 0.6 is 11.3 Å². The van der Waals surface area contributed by atoms with E-state index in [0.29, 0.717) is 11.7 Å². The van der Waals surface area contributed by atoms with E-state index in [9.17, 15) is 0 Å². The third kappa shape index (κ3) is 5.80. The van der Waals surface area contributed by atoms with Crippen molar-refractivity contribution in [1.29, 1.82) is 0 Å². The zero-order chi connectivity index (χ0) is 37.9. The molecule has 0 fully saturated rings. The topological polar surface area (TPSA) is 30.7 Å². The van der Waals surface area contributed by atoms with Crippen molar-refractivity contribution in [3.05, 3.63) is 194 Å². The Morgan fingerprint density at radius 1 is 0.526 bits per heavy atom. The van der Waals surface area contributed by atoms with Gasteiger partial charge in [-0.25, -0.2) is 9.97 Å². The largest absolute Gasteiger partial charge is 0.309 e. The fraction of sp³-hybridized carbons (Fsp3) is 0.0566. The predicted molar refractivity (Wildman–Crippen MR) is 242 cm³/mol. The second-order valence-electron chi connectivity index (χ2n) is 15.0. The van der Waals surface area contributed by atoms with E-state index in [-0.39, 0.29) is 0 Å². The number of allylic oxidation sites excluding steroid dienone is 4. The smallest absolute Gasteiger partial charge is 0.160 e. The number of nitrogens with zero attached hydrogens (tertiary/aromatic N) is 3. The molecule has 270 valence electrons. The number of aromatic nitrogens is 3. The minimum atomic E-state index is 0.467. The van der Waals surface area contributed by atoms with Gasteiger partial charge in [-0.1, -0.05) is 140 Å². The molecule has 3 aromatic heterocycles. The molecular weight excluding hydrogens is 711 g/mol. The summed E-state index contributed by atoms with van der Waals surface area (Å²) in [6, 6.07) is 61.2. The van der Waals surface area contributed by atoms with Gasteiger partial charge in [-0.15, -0.1) is 11.3 Å². The zero-order valence-electron chi connectivity index (χ0n) is 31.4. The van der Waals surface area contributed by atoms with Crippen LogP contribution in [0.3, 0.4) is 0 Å². The highest BCUT2D eigenvalue weighted by atomic mass is 32.1. The maximum absolute atomic E-state index is 5.30. The van der Waals surface area contributed by atoms with E-state index in [2.05, 4.69) is 194 Å². The first-order valence-corrected chi connectivity index (χ1v) is 20.4. The van der Waals surface area contributed by atoms with Crippen molar-refractivity contribution in [3.8, 4) is 50.7 Å². The minimum Gasteiger partial charge on any atom is -0.309 e. The zero-order valence-corrected chi connectivity index (χ0v) is 32.2. The highest BCUT2D eigenvalue weighted by Crippen LogP contribution is 2.42. The van der Waals surface area contributed by atoms with E-state index in [1.54, 1.807) is 0 Å². The molecule has 0 radical (unpaired) electrons. The fourth-order valence-electron chi connectivity index (χ4n) is 8.66. The van der Waals surface area contributed by atoms with Gasteiger partial charge in [-0.2, -0.15) is 0 Å². The molecule has 1 aliphatic carbocycles. The molecule has 3 heterocycles. The molecule has 1 aliphatic rings. The standard InChI is InChI=1S/C53H37N3S/c1-34-14-8-9-21-41(34)37-27-29-48-45(31-37)52-42(23-13-24-49(52)56(48)40-19-6-3-7-20-40)36-17-12-18-39(30-36)53-54-46(35-15-4-2-5-16-35)33-47(55-53)38-26-28-44-43-22-10-11-25-50(43)57-51(44)32-38/h2-13,15-34H,14H2,1H3. The van der Waals surface area contributed by atoms with E-state index >= 15 is 0 Å². The van der Waals surface area contributed by atoms with Gasteiger partial charge in [0.15, 0.2) is 5.82 Å². The summed E-state index contributed by atoms with van der Waals surface area (Å²) in [7, 11) is 0. The molecule has 0 spiro atoms. The minimum absolute atomic E-state index is 0.467. The summed E-state index contributed by atoms with van der Waals surface area (Å²) in [5.41, 5.74) is 13.4. The van der Waals surface area contributed by atoms with Crippen LogP contribution in [0.25, 0.3) is 98.3 Å². The first-order chi connectivity index (χ1) is 28.2. The lowest BCUT2D eigenvalue weighted by molar-refractivity contribution is 0.759. The van der Waals surface area contributed by atoms with Gasteiger partial charge >= 0.3 is 0 Å². The maximum atomic E-state index is 5.30. The van der Waals surface area contributed by atoms with Crippen LogP contribution in [0.5, 0.6) is 0 Å². The number of hydrogen-bond acceptors (Lipinski definition) is 3. The molecule has 0 saturated heterocycles. The third-order valence-corrected chi connectivity index (χ3v) is 12.6. The molecule has 11 rings (SSSR count). The van der Waals surface area contributed by atoms with Crippen LogP contribution in [0.15, 0.2) is 188 Å². The Kier molecular flexibility index (Phi) is 8.04. The monoisotopic (exact) mass is 747 g/mol. The molecule has 7 aromatic carbocycles. The van der Waals surface area contributed by atoms with E-state index in [1.807, 2.05) is 17.4 Å². The van der Waals surface area contributed by atoms with Gasteiger partial charge in [0.05, 0.1) is 22.4 Å². The molecule has 4 heteroatoms. The summed E-state index contributed by atoms with van der Waals surface area (Å²) >= 11 is 1.83. The second-order valence-corrected chi connectivity index (χ2v) is 16.1. The van der Waals surface area contributed by atoms with Gasteiger partial charge in [0.1, 0.15) is 0 Å². The number of para-hydroxylation sites is 1. The van der Waals surface area contributed by atoms with Crippen LogP contribution in [0.1, 0.15) is 18.9 Å². The molecule has 0 bridgehead atoms. The second kappa shape index (κ2) is 13.7. The molecule has 1 unspecified atom stereocenters. The van der Waals surface area contributed by atoms with E-state index in [0.717, 1.165) is 45.7 Å². The number of thiophene rings is 1. The Morgan fingerprint density at radius 2 is 1.25 bits per heavy atom. The summed E-state index contributed by atoms with van der Waals surface area (Å²) < 4.78 is 4.96. The Bertz CT molecular complexity index is 3220. The van der Waals surface area contributed by atoms with Crippen LogP contribution in [-0.4, -0.2) is 14.5 Å². The molecular formula is C53H37N3S. The summed E-state index contributed by atoms with van der Waals surface area (Å²) in [4.78, 5) is 10.5. The van der Waals surface area contributed by atoms with Crippen molar-refractivity contribution in [2.24, 2.45) is 5.92 Å². The van der Waals surface area contributed by atoms with Crippen LogP contribution in [0.4, 0.5) is 0 Å². The predicted octanol–water partition coefficient (Wildman–Crippen LogP) is 14.6. The fourth-order valence-corrected chi connectivity index (χ4v) is 9.81. The van der Waals surface area contributed by atoms with Gasteiger partial charge in [0.2, 0.25) is 0 Å². The average Bonchev–Trinajstić information content (AvgIpc) is 3.82. The number of fused-ring (bicyclic) bond motifs is 6. The summed E-state index contributed by atoms with van der Waals surface area (Å²) in [6.45, 7) is 2.33. The molecule has 1 atom stereocenters. The van der Waals surface area contributed by atoms with Crippen molar-refractivity contribution >= 4 is 58.9 Å². The first kappa shape index (κ1) is 33.5. The van der Waals surface area contributed by atoms with Crippen molar-refractivity contribution < 1.29 is 0 Å². The Morgan fingerprint density at radius 3 is 2.11 bits per heavy atom. The van der Waals surface area contributed by atoms with E-state index < -0.39 is 0 Å². The van der Waals surface area contributed by atoms with E-state index in [1.165, 1.54) is 58.7 Å². The molecule has 10 aromatic rings. The molecule has 3 nitrogen and oxygen atoms in total. The Balaban J connectivity index is 1.10. The summed E-state index contributed by atoms with van der Waals surface area (Å²) in [5, 5.41) is 5.06. The van der Waals surface area contributed by atoms with Crippen LogP contribution in [0.2, 0.25) is 0 Å². The van der Waals surface area contributed by atoms with Crippen molar-refractivity contribution in [3.63, 3.8) is 0 Å². The van der Waals surface area contributed by atoms with Gasteiger partial charge in [-0.05, 0) is 89.2 Å². The lowest BCUT2D eigenvalue weighted by Gasteiger charge is -2.18. The third-order valence-electron chi connectivity index (χ3n) is 11.5. The number of rotatable bonds is 6. The summed E-state index contributed by atoms with van der Waals surface area (Å²) in [6.07, 6.45) is 7.81. The lowest BCUT2D eigenvalue weighted by Crippen LogP contribution is -2.00. The van der Waals surface area contributed by atoms with Gasteiger partial charge in [-0.3, -0.25) is 0 Å². The van der Waals surface area contributed by atoms with Crippen LogP contribution in [0, 0.1) is 5.92 Å². The number of hydrogen-bond donors (Lipinski definition) is 0. The average molecular weight is 748 g/mol. The highest BCUT2D eigenvalue weighted by Gasteiger charge is 2.20.